The molecule has 2 aliphatic carbocycles. The fourth-order valence-electron chi connectivity index (χ4n) is 13.8. The summed E-state index contributed by atoms with van der Waals surface area (Å²) in [5.41, 5.74) is 29.4. The molecular weight excluding hydrogens is 908 g/mol. The quantitative estimate of drug-likeness (QED) is 0.164. The fraction of sp³-hybridized carbons (Fsp3) is 0.211. The van der Waals surface area contributed by atoms with Gasteiger partial charge in [0.1, 0.15) is 11.3 Å². The Kier molecular flexibility index (Phi) is 9.53. The van der Waals surface area contributed by atoms with Crippen molar-refractivity contribution in [1.29, 1.82) is 0 Å². The topological polar surface area (TPSA) is 19.6 Å². The van der Waals surface area contributed by atoms with E-state index in [9.17, 15) is 0 Å². The maximum atomic E-state index is 7.35. The molecule has 0 amide bonds. The van der Waals surface area contributed by atoms with E-state index in [1.807, 2.05) is 0 Å². The highest BCUT2D eigenvalue weighted by Crippen LogP contribution is 2.60. The molecule has 4 heteroatoms. The first-order valence-corrected chi connectivity index (χ1v) is 27.0. The van der Waals surface area contributed by atoms with Crippen molar-refractivity contribution in [3.05, 3.63) is 221 Å². The summed E-state index contributed by atoms with van der Waals surface area (Å²) in [6, 6.07) is 69.3. The number of anilines is 5. The van der Waals surface area contributed by atoms with Crippen LogP contribution < -0.4 is 20.6 Å². The van der Waals surface area contributed by atoms with Crippen LogP contribution in [0.1, 0.15) is 108 Å². The summed E-state index contributed by atoms with van der Waals surface area (Å²) < 4.78 is 7.35. The summed E-state index contributed by atoms with van der Waals surface area (Å²) in [6.45, 7) is 25.8. The molecule has 75 heavy (non-hydrogen) atoms. The monoisotopic (exact) mass is 971 g/mol. The number of nitrogens with zero attached hydrogens (tertiary/aromatic N) is 2. The van der Waals surface area contributed by atoms with Gasteiger partial charge < -0.3 is 14.1 Å². The first-order chi connectivity index (χ1) is 35.9. The van der Waals surface area contributed by atoms with Crippen molar-refractivity contribution in [1.82, 2.24) is 0 Å². The van der Waals surface area contributed by atoms with Crippen LogP contribution >= 0.6 is 0 Å². The van der Waals surface area contributed by atoms with E-state index in [2.05, 4.69) is 268 Å². The highest BCUT2D eigenvalue weighted by molar-refractivity contribution is 6.94. The number of hydrogen-bond acceptors (Lipinski definition) is 3. The molecule has 3 nitrogen and oxygen atoms in total. The lowest BCUT2D eigenvalue weighted by Gasteiger charge is -2.48. The number of aryl methyl sites for hydroxylation is 1. The van der Waals surface area contributed by atoms with Crippen molar-refractivity contribution < 1.29 is 4.42 Å². The van der Waals surface area contributed by atoms with Gasteiger partial charge in [0, 0.05) is 61.3 Å². The summed E-state index contributed by atoms with van der Waals surface area (Å²) in [5, 5.41) is 1.10. The second kappa shape index (κ2) is 15.6. The van der Waals surface area contributed by atoms with Crippen LogP contribution in [0, 0.1) is 6.92 Å². The summed E-state index contributed by atoms with van der Waals surface area (Å²) in [5.74, 6) is 0.882. The van der Waals surface area contributed by atoms with E-state index in [0.29, 0.717) is 0 Å². The normalized spacial score (nSPS) is 15.3. The van der Waals surface area contributed by atoms with Crippen molar-refractivity contribution in [3.8, 4) is 55.8 Å². The zero-order valence-corrected chi connectivity index (χ0v) is 45.2. The van der Waals surface area contributed by atoms with Crippen LogP contribution in [0.4, 0.5) is 28.4 Å². The van der Waals surface area contributed by atoms with Crippen molar-refractivity contribution in [2.75, 3.05) is 9.71 Å². The van der Waals surface area contributed by atoms with Gasteiger partial charge in [-0.3, -0.25) is 0 Å². The van der Waals surface area contributed by atoms with Gasteiger partial charge in [0.2, 0.25) is 0 Å². The minimum absolute atomic E-state index is 0.00791. The molecule has 9 aromatic carbocycles. The molecule has 3 heterocycles. The average Bonchev–Trinajstić information content (AvgIpc) is 4.13. The van der Waals surface area contributed by atoms with Crippen LogP contribution in [-0.2, 0) is 21.7 Å². The second-order valence-corrected chi connectivity index (χ2v) is 25.0. The number of hydrogen-bond donors (Lipinski definition) is 0. The number of fused-ring (bicyclic) bond motifs is 12. The smallest absolute Gasteiger partial charge is 0.333 e. The van der Waals surface area contributed by atoms with Crippen molar-refractivity contribution in [2.45, 2.75) is 97.8 Å². The van der Waals surface area contributed by atoms with Gasteiger partial charge in [-0.05, 0) is 150 Å². The van der Waals surface area contributed by atoms with Crippen molar-refractivity contribution in [3.63, 3.8) is 0 Å². The zero-order chi connectivity index (χ0) is 51.7. The van der Waals surface area contributed by atoms with E-state index in [-0.39, 0.29) is 28.5 Å². The van der Waals surface area contributed by atoms with E-state index in [1.54, 1.807) is 0 Å². The molecule has 4 aliphatic rings. The molecule has 366 valence electrons. The minimum atomic E-state index is -0.328. The lowest BCUT2D eigenvalue weighted by Crippen LogP contribution is -2.62. The molecule has 14 rings (SSSR count). The van der Waals surface area contributed by atoms with Gasteiger partial charge in [-0.1, -0.05) is 203 Å². The van der Waals surface area contributed by atoms with Gasteiger partial charge >= 0.3 is 6.85 Å². The maximum absolute atomic E-state index is 7.35. The predicted molar refractivity (Wildman–Crippen MR) is 318 cm³/mol. The molecule has 2 aliphatic heterocycles. The summed E-state index contributed by atoms with van der Waals surface area (Å²) in [7, 11) is 0. The largest absolute Gasteiger partial charge is 0.455 e. The van der Waals surface area contributed by atoms with Gasteiger partial charge in [-0.2, -0.15) is 0 Å². The van der Waals surface area contributed by atoms with Gasteiger partial charge in [0.15, 0.2) is 0 Å². The van der Waals surface area contributed by atoms with Gasteiger partial charge in [-0.25, -0.2) is 0 Å². The first kappa shape index (κ1) is 45.8. The van der Waals surface area contributed by atoms with Gasteiger partial charge in [0.25, 0.3) is 0 Å². The standard InChI is InChI=1S/C71H63BN2O/c1-42-36-46(69(5,6)7)32-35-59(42)73-61-39-54-62(75-67(44-24-16-13-17-25-44)63(54)43-22-14-12-15-23-43)41-58(61)72-65-53(38-52-49-27-19-21-29-56(49)71(10,11)64(52)66(65)73)51-37-50-48-26-18-20-28-55(48)70(8,9)57(50)40-60(51)74(72)47-33-30-45(31-34-47)68(2,3)4/h12-41H,1-11H3. The van der Waals surface area contributed by atoms with Crippen LogP contribution in [0.2, 0.25) is 0 Å². The summed E-state index contributed by atoms with van der Waals surface area (Å²) in [6.07, 6.45) is 0. The van der Waals surface area contributed by atoms with E-state index in [1.165, 1.54) is 112 Å². The average molecular weight is 971 g/mol. The van der Waals surface area contributed by atoms with Crippen LogP contribution in [0.5, 0.6) is 0 Å². The van der Waals surface area contributed by atoms with Crippen molar-refractivity contribution in [2.24, 2.45) is 0 Å². The van der Waals surface area contributed by atoms with E-state index >= 15 is 0 Å². The summed E-state index contributed by atoms with van der Waals surface area (Å²) in [4.78, 5) is 5.41. The highest BCUT2D eigenvalue weighted by Gasteiger charge is 2.52. The zero-order valence-electron chi connectivity index (χ0n) is 45.2. The van der Waals surface area contributed by atoms with Crippen molar-refractivity contribution >= 4 is 57.2 Å². The molecule has 0 bridgehead atoms. The Morgan fingerprint density at radius 1 is 0.467 bits per heavy atom. The molecule has 0 saturated heterocycles. The van der Waals surface area contributed by atoms with E-state index < -0.39 is 0 Å². The van der Waals surface area contributed by atoms with Gasteiger partial charge in [-0.15, -0.1) is 0 Å². The molecular formula is C71H63BN2O. The molecule has 0 spiro atoms. The maximum Gasteiger partial charge on any atom is 0.333 e. The predicted octanol–water partition coefficient (Wildman–Crippen LogP) is 18.0. The Balaban J connectivity index is 1.18. The molecule has 1 aromatic heterocycles. The van der Waals surface area contributed by atoms with E-state index in [4.69, 9.17) is 4.42 Å². The SMILES string of the molecule is Cc1cc(C(C)(C)C)ccc1N1c2cc3c(-c4ccccc4)c(-c4ccccc4)oc3cc2B2c3c(cc4c(c31)C(C)(C)c1ccccc1-4)-c1cc3c(cc1N2c1ccc(C(C)(C)C)cc1)C(C)(C)c1ccccc1-3. The molecule has 0 N–H and O–H groups in total. The first-order valence-electron chi connectivity index (χ1n) is 27.0. The third kappa shape index (κ3) is 6.48. The van der Waals surface area contributed by atoms with Crippen LogP contribution in [0.15, 0.2) is 186 Å². The third-order valence-electron chi connectivity index (χ3n) is 17.6. The van der Waals surface area contributed by atoms with Gasteiger partial charge in [0.05, 0.1) is 0 Å². The molecule has 10 aromatic rings. The Bertz CT molecular complexity index is 4030. The second-order valence-electron chi connectivity index (χ2n) is 25.0. The third-order valence-corrected chi connectivity index (χ3v) is 17.6. The molecule has 0 atom stereocenters. The molecule has 0 saturated carbocycles. The van der Waals surface area contributed by atoms with E-state index in [0.717, 1.165) is 33.4 Å². The van der Waals surface area contributed by atoms with Crippen LogP contribution in [0.3, 0.4) is 0 Å². The Morgan fingerprint density at radius 2 is 1.05 bits per heavy atom. The fourth-order valence-corrected chi connectivity index (χ4v) is 13.8. The van der Waals surface area contributed by atoms with Crippen LogP contribution in [0.25, 0.3) is 66.8 Å². The Labute approximate surface area is 443 Å². The number of benzene rings is 9. The van der Waals surface area contributed by atoms with Crippen LogP contribution in [-0.4, -0.2) is 6.85 Å². The molecule has 0 unspecified atom stereocenters. The lowest BCUT2D eigenvalue weighted by atomic mass is 9.42. The lowest BCUT2D eigenvalue weighted by molar-refractivity contribution is 0.589. The Morgan fingerprint density at radius 3 is 1.71 bits per heavy atom. The molecule has 0 fully saturated rings. The number of furan rings is 1. The summed E-state index contributed by atoms with van der Waals surface area (Å²) >= 11 is 0. The Hall–Kier alpha value is -7.82. The minimum Gasteiger partial charge on any atom is -0.455 e. The highest BCUT2D eigenvalue weighted by atomic mass is 16.3. The molecule has 0 radical (unpaired) electrons. The number of rotatable bonds is 4.